The molecule has 1 saturated heterocycles. The molecule has 2 aliphatic rings. The molecule has 2 N–H and O–H groups in total. The highest BCUT2D eigenvalue weighted by atomic mass is 35.5. The van der Waals surface area contributed by atoms with Crippen LogP contribution in [-0.4, -0.2) is 38.3 Å². The van der Waals surface area contributed by atoms with Crippen LogP contribution < -0.4 is 10.6 Å². The number of hydrogen-bond donors (Lipinski definition) is 2. The minimum atomic E-state index is -0.278. The van der Waals surface area contributed by atoms with E-state index < -0.39 is 0 Å². The van der Waals surface area contributed by atoms with Crippen LogP contribution >= 0.6 is 12.4 Å². The van der Waals surface area contributed by atoms with Crippen molar-refractivity contribution in [2.45, 2.75) is 31.8 Å². The van der Waals surface area contributed by atoms with Crippen molar-refractivity contribution in [3.8, 4) is 0 Å². The van der Waals surface area contributed by atoms with Crippen molar-refractivity contribution < 1.29 is 9.53 Å². The van der Waals surface area contributed by atoms with Crippen molar-refractivity contribution in [1.82, 2.24) is 10.6 Å². The molecule has 2 fully saturated rings. The molecule has 2 rings (SSSR count). The molecule has 0 spiro atoms. The zero-order chi connectivity index (χ0) is 10.5. The van der Waals surface area contributed by atoms with Gasteiger partial charge < -0.3 is 15.4 Å². The van der Waals surface area contributed by atoms with E-state index in [0.29, 0.717) is 19.1 Å². The zero-order valence-corrected chi connectivity index (χ0v) is 10.4. The second-order valence-electron chi connectivity index (χ2n) is 4.46. The first kappa shape index (κ1) is 13.7. The van der Waals surface area contributed by atoms with Crippen molar-refractivity contribution >= 4 is 18.3 Å². The van der Waals surface area contributed by atoms with Crippen molar-refractivity contribution in [2.24, 2.45) is 5.92 Å². The third kappa shape index (κ3) is 3.92. The highest BCUT2D eigenvalue weighted by Gasteiger charge is 2.23. The summed E-state index contributed by atoms with van der Waals surface area (Å²) in [5.41, 5.74) is 0. The minimum absolute atomic E-state index is 0. The first-order chi connectivity index (χ1) is 7.36. The first-order valence-corrected chi connectivity index (χ1v) is 5.96. The van der Waals surface area contributed by atoms with Gasteiger partial charge in [-0.15, -0.1) is 12.4 Å². The Morgan fingerprint density at radius 2 is 2.12 bits per heavy atom. The van der Waals surface area contributed by atoms with Gasteiger partial charge in [0, 0.05) is 19.6 Å². The molecule has 0 radical (unpaired) electrons. The van der Waals surface area contributed by atoms with Gasteiger partial charge in [-0.3, -0.25) is 4.79 Å². The number of amides is 1. The van der Waals surface area contributed by atoms with Gasteiger partial charge in [0.05, 0.1) is 6.61 Å². The molecule has 0 unspecified atom stereocenters. The molecule has 5 heteroatoms. The van der Waals surface area contributed by atoms with E-state index in [1.54, 1.807) is 0 Å². The van der Waals surface area contributed by atoms with Gasteiger partial charge in [-0.2, -0.15) is 0 Å². The van der Waals surface area contributed by atoms with Gasteiger partial charge in [0.2, 0.25) is 5.91 Å². The number of ether oxygens (including phenoxy) is 1. The van der Waals surface area contributed by atoms with Crippen molar-refractivity contribution in [1.29, 1.82) is 0 Å². The van der Waals surface area contributed by atoms with E-state index in [1.165, 1.54) is 25.7 Å². The SMILES string of the molecule is Cl.O=C(NCC1CCCC1)[C@@H]1CNCCO1. The van der Waals surface area contributed by atoms with Crippen LogP contribution in [0.15, 0.2) is 0 Å². The number of hydrogen-bond acceptors (Lipinski definition) is 3. The molecule has 1 aliphatic carbocycles. The molecule has 0 aromatic rings. The lowest BCUT2D eigenvalue weighted by Gasteiger charge is -2.23. The highest BCUT2D eigenvalue weighted by Crippen LogP contribution is 2.23. The van der Waals surface area contributed by atoms with Crippen LogP contribution in [0, 0.1) is 5.92 Å². The third-order valence-electron chi connectivity index (χ3n) is 3.26. The first-order valence-electron chi connectivity index (χ1n) is 5.96. The summed E-state index contributed by atoms with van der Waals surface area (Å²) < 4.78 is 5.38. The Labute approximate surface area is 103 Å². The Morgan fingerprint density at radius 3 is 2.75 bits per heavy atom. The average Bonchev–Trinajstić information content (AvgIpc) is 2.80. The Balaban J connectivity index is 0.00000128. The molecule has 1 atom stereocenters. The largest absolute Gasteiger partial charge is 0.366 e. The normalized spacial score (nSPS) is 26.1. The fourth-order valence-electron chi connectivity index (χ4n) is 2.31. The van der Waals surface area contributed by atoms with E-state index in [9.17, 15) is 4.79 Å². The molecule has 94 valence electrons. The van der Waals surface area contributed by atoms with Crippen molar-refractivity contribution in [3.63, 3.8) is 0 Å². The number of rotatable bonds is 3. The number of morpholine rings is 1. The molecule has 0 aromatic heterocycles. The van der Waals surface area contributed by atoms with Gasteiger partial charge in [-0.05, 0) is 18.8 Å². The second-order valence-corrected chi connectivity index (χ2v) is 4.46. The van der Waals surface area contributed by atoms with Crippen molar-refractivity contribution in [3.05, 3.63) is 0 Å². The summed E-state index contributed by atoms with van der Waals surface area (Å²) in [6, 6.07) is 0. The number of halogens is 1. The molecule has 4 nitrogen and oxygen atoms in total. The smallest absolute Gasteiger partial charge is 0.250 e. The summed E-state index contributed by atoms with van der Waals surface area (Å²) in [5, 5.41) is 6.15. The van der Waals surface area contributed by atoms with Gasteiger partial charge >= 0.3 is 0 Å². The predicted octanol–water partition coefficient (Wildman–Crippen LogP) is 0.703. The Hall–Kier alpha value is -0.320. The summed E-state index contributed by atoms with van der Waals surface area (Å²) in [6.45, 7) is 2.98. The van der Waals surface area contributed by atoms with E-state index in [-0.39, 0.29) is 24.4 Å². The summed E-state index contributed by atoms with van der Waals surface area (Å²) >= 11 is 0. The van der Waals surface area contributed by atoms with Gasteiger partial charge in [0.25, 0.3) is 0 Å². The lowest BCUT2D eigenvalue weighted by molar-refractivity contribution is -0.134. The topological polar surface area (TPSA) is 50.4 Å². The van der Waals surface area contributed by atoms with E-state index in [2.05, 4.69) is 10.6 Å². The summed E-state index contributed by atoms with van der Waals surface area (Å²) in [7, 11) is 0. The molecular formula is C11H21ClN2O2. The highest BCUT2D eigenvalue weighted by molar-refractivity contribution is 5.85. The third-order valence-corrected chi connectivity index (χ3v) is 3.26. The van der Waals surface area contributed by atoms with E-state index >= 15 is 0 Å². The van der Waals surface area contributed by atoms with E-state index in [1.807, 2.05) is 0 Å². The monoisotopic (exact) mass is 248 g/mol. The van der Waals surface area contributed by atoms with Crippen LogP contribution in [0.2, 0.25) is 0 Å². The fourth-order valence-corrected chi connectivity index (χ4v) is 2.31. The molecule has 1 amide bonds. The molecular weight excluding hydrogens is 228 g/mol. The number of carbonyl (C=O) groups is 1. The van der Waals surface area contributed by atoms with Gasteiger partial charge in [-0.25, -0.2) is 0 Å². The van der Waals surface area contributed by atoms with Crippen LogP contribution in [0.25, 0.3) is 0 Å². The predicted molar refractivity (Wildman–Crippen MR) is 64.8 cm³/mol. The maximum absolute atomic E-state index is 11.7. The van der Waals surface area contributed by atoms with Crippen LogP contribution in [-0.2, 0) is 9.53 Å². The lowest BCUT2D eigenvalue weighted by Crippen LogP contribution is -2.48. The Kier molecular flexibility index (Phi) is 6.09. The molecule has 1 aliphatic heterocycles. The van der Waals surface area contributed by atoms with E-state index in [0.717, 1.165) is 13.1 Å². The summed E-state index contributed by atoms with van der Waals surface area (Å²) in [4.78, 5) is 11.7. The van der Waals surface area contributed by atoms with Crippen LogP contribution in [0.5, 0.6) is 0 Å². The molecule has 1 saturated carbocycles. The number of nitrogens with one attached hydrogen (secondary N) is 2. The van der Waals surface area contributed by atoms with Crippen LogP contribution in [0.1, 0.15) is 25.7 Å². The van der Waals surface area contributed by atoms with Gasteiger partial charge in [0.15, 0.2) is 0 Å². The molecule has 0 bridgehead atoms. The minimum Gasteiger partial charge on any atom is -0.366 e. The molecule has 0 aromatic carbocycles. The molecule has 1 heterocycles. The van der Waals surface area contributed by atoms with Crippen LogP contribution in [0.3, 0.4) is 0 Å². The maximum Gasteiger partial charge on any atom is 0.250 e. The van der Waals surface area contributed by atoms with Gasteiger partial charge in [0.1, 0.15) is 6.10 Å². The fraction of sp³-hybridized carbons (Fsp3) is 0.909. The second kappa shape index (κ2) is 7.09. The Bertz CT molecular complexity index is 214. The van der Waals surface area contributed by atoms with Gasteiger partial charge in [-0.1, -0.05) is 12.8 Å². The number of carbonyl (C=O) groups excluding carboxylic acids is 1. The summed E-state index contributed by atoms with van der Waals surface area (Å²) in [5.74, 6) is 0.750. The van der Waals surface area contributed by atoms with E-state index in [4.69, 9.17) is 4.74 Å². The molecule has 16 heavy (non-hydrogen) atoms. The maximum atomic E-state index is 11.7. The zero-order valence-electron chi connectivity index (χ0n) is 9.54. The Morgan fingerprint density at radius 1 is 1.38 bits per heavy atom. The summed E-state index contributed by atoms with van der Waals surface area (Å²) in [6.07, 6.45) is 4.90. The van der Waals surface area contributed by atoms with Crippen molar-refractivity contribution in [2.75, 3.05) is 26.2 Å². The quantitative estimate of drug-likeness (QED) is 0.773. The average molecular weight is 249 g/mol. The standard InChI is InChI=1S/C11H20N2O2.ClH/c14-11(10-8-12-5-6-15-10)13-7-9-3-1-2-4-9;/h9-10,12H,1-8H2,(H,13,14);1H/t10-;/m0./s1. The lowest BCUT2D eigenvalue weighted by atomic mass is 10.1. The van der Waals surface area contributed by atoms with Crippen LogP contribution in [0.4, 0.5) is 0 Å².